The summed E-state index contributed by atoms with van der Waals surface area (Å²) in [4.78, 5) is 36.2. The molecule has 3 rings (SSSR count). The van der Waals surface area contributed by atoms with E-state index in [1.165, 1.54) is 12.1 Å². The fraction of sp³-hybridized carbons (Fsp3) is 0.130. The van der Waals surface area contributed by atoms with Crippen LogP contribution < -0.4 is 11.1 Å². The van der Waals surface area contributed by atoms with Gasteiger partial charge >= 0.3 is 5.97 Å². The van der Waals surface area contributed by atoms with Gasteiger partial charge in [-0.25, -0.2) is 4.79 Å². The highest BCUT2D eigenvalue weighted by Gasteiger charge is 2.27. The molecule has 8 heteroatoms. The van der Waals surface area contributed by atoms with Gasteiger partial charge in [0.2, 0.25) is 6.10 Å². The first-order valence-corrected chi connectivity index (χ1v) is 9.44. The highest BCUT2D eigenvalue weighted by Crippen LogP contribution is 2.26. The Morgan fingerprint density at radius 1 is 1.03 bits per heavy atom. The van der Waals surface area contributed by atoms with E-state index in [4.69, 9.17) is 10.5 Å². The van der Waals surface area contributed by atoms with Crippen LogP contribution in [0.15, 0.2) is 66.7 Å². The number of rotatable bonds is 6. The maximum atomic E-state index is 13.1. The van der Waals surface area contributed by atoms with Crippen molar-refractivity contribution >= 4 is 28.9 Å². The number of hydrogen-bond donors (Lipinski definition) is 2. The zero-order valence-electron chi connectivity index (χ0n) is 17.0. The Kier molecular flexibility index (Phi) is 6.30. The van der Waals surface area contributed by atoms with E-state index in [0.717, 1.165) is 17.2 Å². The molecule has 3 N–H and O–H groups in total. The Hall–Kier alpha value is -4.20. The van der Waals surface area contributed by atoms with E-state index < -0.39 is 28.6 Å². The molecule has 0 bridgehead atoms. The molecule has 3 aromatic carbocycles. The molecule has 3 aromatic rings. The van der Waals surface area contributed by atoms with Gasteiger partial charge in [-0.05, 0) is 43.2 Å². The molecule has 0 aliphatic heterocycles. The molecule has 0 aromatic heterocycles. The summed E-state index contributed by atoms with van der Waals surface area (Å²) in [7, 11) is 0. The van der Waals surface area contributed by atoms with Gasteiger partial charge in [-0.1, -0.05) is 42.5 Å². The van der Waals surface area contributed by atoms with Crippen LogP contribution in [0.25, 0.3) is 0 Å². The number of carbonyl (C=O) groups excluding carboxylic acids is 2. The number of benzene rings is 3. The normalized spacial score (nSPS) is 11.4. The summed E-state index contributed by atoms with van der Waals surface area (Å²) < 4.78 is 5.49. The van der Waals surface area contributed by atoms with Gasteiger partial charge < -0.3 is 15.8 Å². The van der Waals surface area contributed by atoms with Crippen molar-refractivity contribution in [3.8, 4) is 0 Å². The van der Waals surface area contributed by atoms with E-state index in [1.807, 2.05) is 32.0 Å². The lowest BCUT2D eigenvalue weighted by Gasteiger charge is -2.19. The van der Waals surface area contributed by atoms with Crippen molar-refractivity contribution in [1.29, 1.82) is 0 Å². The Labute approximate surface area is 178 Å². The van der Waals surface area contributed by atoms with E-state index in [1.54, 1.807) is 30.3 Å². The highest BCUT2D eigenvalue weighted by atomic mass is 16.6. The summed E-state index contributed by atoms with van der Waals surface area (Å²) in [5, 5.41) is 13.9. The average Bonchev–Trinajstić information content (AvgIpc) is 2.75. The van der Waals surface area contributed by atoms with Crippen molar-refractivity contribution in [2.75, 3.05) is 11.1 Å². The summed E-state index contributed by atoms with van der Waals surface area (Å²) >= 11 is 0. The van der Waals surface area contributed by atoms with Crippen LogP contribution in [0.4, 0.5) is 17.1 Å². The van der Waals surface area contributed by atoms with Gasteiger partial charge in [-0.15, -0.1) is 0 Å². The van der Waals surface area contributed by atoms with Crippen LogP contribution in [0.5, 0.6) is 0 Å². The number of anilines is 2. The summed E-state index contributed by atoms with van der Waals surface area (Å²) in [6, 6.07) is 17.7. The molecule has 0 saturated heterocycles. The lowest BCUT2D eigenvalue weighted by Crippen LogP contribution is -2.26. The maximum absolute atomic E-state index is 13.1. The third-order valence-electron chi connectivity index (χ3n) is 4.68. The first-order valence-electron chi connectivity index (χ1n) is 9.44. The van der Waals surface area contributed by atoms with E-state index >= 15 is 0 Å². The van der Waals surface area contributed by atoms with Crippen LogP contribution in [-0.4, -0.2) is 16.8 Å². The number of nitrogens with two attached hydrogens (primary N) is 1. The van der Waals surface area contributed by atoms with Gasteiger partial charge in [-0.3, -0.25) is 14.9 Å². The van der Waals surface area contributed by atoms with Crippen LogP contribution in [0.3, 0.4) is 0 Å². The second kappa shape index (κ2) is 9.08. The van der Waals surface area contributed by atoms with Crippen LogP contribution in [0.2, 0.25) is 0 Å². The number of nitro groups is 1. The minimum atomic E-state index is -1.26. The number of ether oxygens (including phenoxy) is 1. The number of esters is 1. The fourth-order valence-corrected chi connectivity index (χ4v) is 2.97. The Bertz CT molecular complexity index is 1150. The molecule has 31 heavy (non-hydrogen) atoms. The third-order valence-corrected chi connectivity index (χ3v) is 4.68. The van der Waals surface area contributed by atoms with Crippen molar-refractivity contribution in [3.05, 3.63) is 99.1 Å². The van der Waals surface area contributed by atoms with Gasteiger partial charge in [0.05, 0.1) is 10.5 Å². The molecule has 1 amide bonds. The van der Waals surface area contributed by atoms with Gasteiger partial charge in [0, 0.05) is 17.3 Å². The number of nitrogen functional groups attached to an aromatic ring is 1. The standard InChI is InChI=1S/C23H21N3O5/c1-14-8-9-15(2)19(12-14)25-22(27)21(16-6-4-3-5-7-16)31-23(28)17-10-11-18(24)20(13-17)26(29)30/h3-13,21H,24H2,1-2H3,(H,25,27). The maximum Gasteiger partial charge on any atom is 0.339 e. The van der Waals surface area contributed by atoms with Gasteiger partial charge in [0.1, 0.15) is 5.69 Å². The predicted molar refractivity (Wildman–Crippen MR) is 117 cm³/mol. The largest absolute Gasteiger partial charge is 0.444 e. The SMILES string of the molecule is Cc1ccc(C)c(NC(=O)C(OC(=O)c2ccc(N)c([N+](=O)[O-])c2)c2ccccc2)c1. The minimum absolute atomic E-state index is 0.0752. The van der Waals surface area contributed by atoms with Crippen molar-refractivity contribution in [3.63, 3.8) is 0 Å². The Balaban J connectivity index is 1.90. The molecular formula is C23H21N3O5. The Morgan fingerprint density at radius 2 is 1.74 bits per heavy atom. The first-order chi connectivity index (χ1) is 14.8. The van der Waals surface area contributed by atoms with Gasteiger partial charge in [-0.2, -0.15) is 0 Å². The molecule has 1 atom stereocenters. The topological polar surface area (TPSA) is 125 Å². The number of nitrogens with one attached hydrogen (secondary N) is 1. The first kappa shape index (κ1) is 21.5. The molecule has 0 spiro atoms. The third kappa shape index (κ3) is 5.05. The molecule has 0 aliphatic carbocycles. The second-order valence-corrected chi connectivity index (χ2v) is 7.03. The molecule has 0 saturated carbocycles. The zero-order valence-corrected chi connectivity index (χ0v) is 17.0. The van der Waals surface area contributed by atoms with Crippen molar-refractivity contribution < 1.29 is 19.2 Å². The molecule has 0 fully saturated rings. The van der Waals surface area contributed by atoms with Crippen LogP contribution in [0.1, 0.15) is 33.2 Å². The zero-order chi connectivity index (χ0) is 22.5. The lowest BCUT2D eigenvalue weighted by atomic mass is 10.1. The highest BCUT2D eigenvalue weighted by molar-refractivity contribution is 5.99. The minimum Gasteiger partial charge on any atom is -0.444 e. The summed E-state index contributed by atoms with van der Waals surface area (Å²) in [6.45, 7) is 3.75. The second-order valence-electron chi connectivity index (χ2n) is 7.03. The number of hydrogen-bond acceptors (Lipinski definition) is 6. The molecular weight excluding hydrogens is 398 g/mol. The van der Waals surface area contributed by atoms with E-state index in [9.17, 15) is 19.7 Å². The molecule has 0 radical (unpaired) electrons. The average molecular weight is 419 g/mol. The molecule has 0 aliphatic rings. The lowest BCUT2D eigenvalue weighted by molar-refractivity contribution is -0.383. The van der Waals surface area contributed by atoms with Crippen LogP contribution >= 0.6 is 0 Å². The van der Waals surface area contributed by atoms with Crippen LogP contribution in [0, 0.1) is 24.0 Å². The molecule has 0 heterocycles. The molecule has 1 unspecified atom stereocenters. The van der Waals surface area contributed by atoms with E-state index in [-0.39, 0.29) is 11.3 Å². The van der Waals surface area contributed by atoms with Gasteiger partial charge in [0.25, 0.3) is 11.6 Å². The Morgan fingerprint density at radius 3 is 2.42 bits per heavy atom. The molecule has 158 valence electrons. The van der Waals surface area contributed by atoms with E-state index in [2.05, 4.69) is 5.32 Å². The van der Waals surface area contributed by atoms with Gasteiger partial charge in [0.15, 0.2) is 0 Å². The predicted octanol–water partition coefficient (Wildman–Crippen LogP) is 4.33. The number of nitro benzene ring substituents is 1. The van der Waals surface area contributed by atoms with Crippen molar-refractivity contribution in [2.24, 2.45) is 0 Å². The quantitative estimate of drug-likeness (QED) is 0.265. The monoisotopic (exact) mass is 419 g/mol. The van der Waals surface area contributed by atoms with E-state index in [0.29, 0.717) is 11.3 Å². The summed E-state index contributed by atoms with van der Waals surface area (Å²) in [5.74, 6) is -1.42. The number of aryl methyl sites for hydroxylation is 2. The molecule has 8 nitrogen and oxygen atoms in total. The summed E-state index contributed by atoms with van der Waals surface area (Å²) in [6.07, 6.45) is -1.26. The fourth-order valence-electron chi connectivity index (χ4n) is 2.97. The smallest absolute Gasteiger partial charge is 0.339 e. The van der Waals surface area contributed by atoms with Crippen molar-refractivity contribution in [2.45, 2.75) is 20.0 Å². The van der Waals surface area contributed by atoms with Crippen molar-refractivity contribution in [1.82, 2.24) is 0 Å². The number of carbonyl (C=O) groups is 2. The number of nitrogens with zero attached hydrogens (tertiary/aromatic N) is 1. The summed E-state index contributed by atoms with van der Waals surface area (Å²) in [5.41, 5.74) is 7.89. The van der Waals surface area contributed by atoms with Crippen LogP contribution in [-0.2, 0) is 9.53 Å². The number of amides is 1.